The van der Waals surface area contributed by atoms with Crippen LogP contribution in [0.2, 0.25) is 0 Å². The summed E-state index contributed by atoms with van der Waals surface area (Å²) in [4.78, 5) is 25.1. The normalized spacial score (nSPS) is 45.7. The van der Waals surface area contributed by atoms with E-state index < -0.39 is 229 Å². The molecule has 0 aromatic rings. The molecule has 5 fully saturated rings. The number of nitrogens with one attached hydrogen (secondary N) is 2. The number of carbonyl (C=O) groups excluding carboxylic acids is 2. The van der Waals surface area contributed by atoms with Gasteiger partial charge in [0.1, 0.15) is 134 Å². The molecule has 0 aliphatic carbocycles. The fraction of sp³-hybridized carbons (Fsp3) is 0.950. The first-order valence-electron chi connectivity index (χ1n) is 22.9. The second-order valence-electron chi connectivity index (χ2n) is 18.0. The Hall–Kier alpha value is -2.18. The van der Waals surface area contributed by atoms with Crippen molar-refractivity contribution in [2.45, 2.75) is 199 Å². The van der Waals surface area contributed by atoms with Crippen LogP contribution in [0.15, 0.2) is 0 Å². The lowest BCUT2D eigenvalue weighted by Gasteiger charge is -2.50. The topological polar surface area (TPSA) is 515 Å². The summed E-state index contributed by atoms with van der Waals surface area (Å²) in [7, 11) is 0. The predicted octanol–water partition coefficient (Wildman–Crippen LogP) is -13.1. The molecule has 72 heavy (non-hydrogen) atoms. The second-order valence-corrected chi connectivity index (χ2v) is 18.0. The molecule has 0 aromatic carbocycles. The van der Waals surface area contributed by atoms with Gasteiger partial charge in [0.25, 0.3) is 0 Å². The standard InChI is InChI=1S/C40H70N2O30/c1-10-20(51)25(56)28(59)37(64-10)71-34-19(42-12(3)49)36(67-17(8-47)33(34)70-38-29(60)26(57)22(53)15(6-45)65-38)63-9-18-24(55)35(72-39-30(61)27(58)23(54)16(7-46)66-39)31(62)40(68-18)69-32(21(52)14(50)5-44)13(4-43)41-11(2)48/h10,13-40,43-47,50-62H,4-9H2,1-3H3,(H,41,48)(H,42,49)/t10-,13+,14-,15-,16-,17-,18-,19-,20+,21+,22+,23+,24+,25+,26+,27+,28-,29-,30-,31-,32-,33-,34-,35+,36-,37-,38+,39+,40+/m1/s1. The Morgan fingerprint density at radius 2 is 0.972 bits per heavy atom. The quantitative estimate of drug-likeness (QED) is 0.0507. The van der Waals surface area contributed by atoms with Crippen molar-refractivity contribution in [3.8, 4) is 0 Å². The van der Waals surface area contributed by atoms with Gasteiger partial charge >= 0.3 is 0 Å². The van der Waals surface area contributed by atoms with Crippen molar-refractivity contribution in [2.24, 2.45) is 0 Å². The molecule has 20 N–H and O–H groups in total. The van der Waals surface area contributed by atoms with Crippen LogP contribution >= 0.6 is 0 Å². The Morgan fingerprint density at radius 1 is 0.500 bits per heavy atom. The lowest BCUT2D eigenvalue weighted by molar-refractivity contribution is -0.381. The van der Waals surface area contributed by atoms with Crippen molar-refractivity contribution in [3.05, 3.63) is 0 Å². The third-order valence-corrected chi connectivity index (χ3v) is 12.8. The van der Waals surface area contributed by atoms with Gasteiger partial charge in [-0.1, -0.05) is 0 Å². The number of hydrogen-bond donors (Lipinski definition) is 20. The van der Waals surface area contributed by atoms with Gasteiger partial charge in [0.05, 0.1) is 51.8 Å². The van der Waals surface area contributed by atoms with Gasteiger partial charge in [-0.2, -0.15) is 0 Å². The van der Waals surface area contributed by atoms with E-state index in [4.69, 9.17) is 47.4 Å². The van der Waals surface area contributed by atoms with Gasteiger partial charge in [0, 0.05) is 13.8 Å². The minimum atomic E-state index is -2.28. The molecule has 5 saturated heterocycles. The number of ether oxygens (including phenoxy) is 10. The Balaban J connectivity index is 1.53. The highest BCUT2D eigenvalue weighted by molar-refractivity contribution is 5.73. The highest BCUT2D eigenvalue weighted by atomic mass is 16.8. The third kappa shape index (κ3) is 13.7. The molecule has 0 unspecified atom stereocenters. The van der Waals surface area contributed by atoms with Crippen molar-refractivity contribution < 1.29 is 149 Å². The van der Waals surface area contributed by atoms with Crippen LogP contribution in [0, 0.1) is 0 Å². The van der Waals surface area contributed by atoms with Gasteiger partial charge in [-0.3, -0.25) is 9.59 Å². The highest BCUT2D eigenvalue weighted by Gasteiger charge is 2.57. The van der Waals surface area contributed by atoms with Gasteiger partial charge in [0.15, 0.2) is 31.5 Å². The average Bonchev–Trinajstić information content (AvgIpc) is 3.35. The lowest BCUT2D eigenvalue weighted by atomic mass is 9.94. The van der Waals surface area contributed by atoms with E-state index >= 15 is 0 Å². The van der Waals surface area contributed by atoms with Gasteiger partial charge in [-0.05, 0) is 6.92 Å². The first-order valence-corrected chi connectivity index (χ1v) is 22.9. The maximum Gasteiger partial charge on any atom is 0.217 e. The molecular formula is C40H70N2O30. The molecule has 5 heterocycles. The summed E-state index contributed by atoms with van der Waals surface area (Å²) in [5.41, 5.74) is 0. The number of hydrogen-bond acceptors (Lipinski definition) is 30. The van der Waals surface area contributed by atoms with E-state index in [9.17, 15) is 102 Å². The first-order chi connectivity index (χ1) is 33.9. The molecule has 0 aromatic heterocycles. The summed E-state index contributed by atoms with van der Waals surface area (Å²) in [6, 6.07) is -3.38. The minimum Gasteiger partial charge on any atom is -0.394 e. The maximum atomic E-state index is 12.9. The number of aliphatic hydroxyl groups is 18. The Kier molecular flexibility index (Phi) is 22.5. The van der Waals surface area contributed by atoms with E-state index in [2.05, 4.69) is 10.6 Å². The molecule has 32 nitrogen and oxygen atoms in total. The van der Waals surface area contributed by atoms with Crippen LogP contribution < -0.4 is 10.6 Å². The molecule has 29 atom stereocenters. The van der Waals surface area contributed by atoms with E-state index in [1.165, 1.54) is 6.92 Å². The molecule has 2 amide bonds. The van der Waals surface area contributed by atoms with Gasteiger partial charge < -0.3 is 150 Å². The zero-order valence-corrected chi connectivity index (χ0v) is 38.9. The summed E-state index contributed by atoms with van der Waals surface area (Å²) in [5, 5.41) is 196. The van der Waals surface area contributed by atoms with E-state index in [1.807, 2.05) is 0 Å². The zero-order chi connectivity index (χ0) is 53.6. The molecule has 0 radical (unpaired) electrons. The molecular weight excluding hydrogens is 988 g/mol. The Bertz CT molecular complexity index is 1680. The number of amides is 2. The fourth-order valence-corrected chi connectivity index (χ4v) is 8.75. The minimum absolute atomic E-state index is 0.803. The van der Waals surface area contributed by atoms with E-state index in [0.717, 1.165) is 13.8 Å². The van der Waals surface area contributed by atoms with Crippen LogP contribution in [0.5, 0.6) is 0 Å². The van der Waals surface area contributed by atoms with Gasteiger partial charge in [-0.15, -0.1) is 0 Å². The molecule has 420 valence electrons. The smallest absolute Gasteiger partial charge is 0.217 e. The fourth-order valence-electron chi connectivity index (χ4n) is 8.75. The number of rotatable bonds is 21. The SMILES string of the molecule is CC(=O)N[C@H]1[C@H](OC[C@H]2O[C@@H](O[C@@H]([C@@H](O)[C@H](O)CO)[C@H](CO)NC(C)=O)[C@H](O)[C@@H](O[C@@H]3O[C@H](CO)[C@H](O)[C@H](O)[C@H]3O)[C@H]2O)O[C@H](CO)[C@@H](O[C@@H]2O[C@H](CO)[C@H](O)[C@H](O)[C@H]2O)[C@@H]1O[C@H]1O[C@H](C)[C@H](O)[C@H](O)[C@H]1O. The zero-order valence-electron chi connectivity index (χ0n) is 38.9. The largest absolute Gasteiger partial charge is 0.394 e. The number of carbonyl (C=O) groups is 2. The molecule has 0 spiro atoms. The van der Waals surface area contributed by atoms with E-state index in [1.54, 1.807) is 0 Å². The van der Waals surface area contributed by atoms with Gasteiger partial charge in [-0.25, -0.2) is 0 Å². The average molecular weight is 1060 g/mol. The summed E-state index contributed by atoms with van der Waals surface area (Å²) in [6.07, 6.45) is -52.1. The van der Waals surface area contributed by atoms with Crippen LogP contribution in [0.3, 0.4) is 0 Å². The molecule has 5 aliphatic rings. The van der Waals surface area contributed by atoms with Crippen molar-refractivity contribution in [3.63, 3.8) is 0 Å². The highest BCUT2D eigenvalue weighted by Crippen LogP contribution is 2.36. The lowest BCUT2D eigenvalue weighted by Crippen LogP contribution is -2.70. The van der Waals surface area contributed by atoms with Crippen LogP contribution in [0.1, 0.15) is 20.8 Å². The summed E-state index contributed by atoms with van der Waals surface area (Å²) < 4.78 is 58.3. The predicted molar refractivity (Wildman–Crippen MR) is 223 cm³/mol. The van der Waals surface area contributed by atoms with Crippen molar-refractivity contribution in [1.82, 2.24) is 10.6 Å². The van der Waals surface area contributed by atoms with Crippen LogP contribution in [-0.2, 0) is 57.0 Å². The Labute approximate surface area is 409 Å². The summed E-state index contributed by atoms with van der Waals surface area (Å²) in [6.45, 7) is -2.69. The van der Waals surface area contributed by atoms with Crippen LogP contribution in [0.25, 0.3) is 0 Å². The second kappa shape index (κ2) is 26.7. The van der Waals surface area contributed by atoms with Crippen molar-refractivity contribution >= 4 is 11.8 Å². The molecule has 0 bridgehead atoms. The molecule has 5 rings (SSSR count). The summed E-state index contributed by atoms with van der Waals surface area (Å²) in [5.74, 6) is -1.66. The van der Waals surface area contributed by atoms with Crippen LogP contribution in [-0.4, -0.2) is 321 Å². The number of aliphatic hydroxyl groups excluding tert-OH is 18. The monoisotopic (exact) mass is 1060 g/mol. The van der Waals surface area contributed by atoms with E-state index in [0.29, 0.717) is 0 Å². The van der Waals surface area contributed by atoms with E-state index in [-0.39, 0.29) is 0 Å². The molecule has 5 aliphatic heterocycles. The Morgan fingerprint density at radius 3 is 1.46 bits per heavy atom. The summed E-state index contributed by atoms with van der Waals surface area (Å²) >= 11 is 0. The molecule has 0 saturated carbocycles. The third-order valence-electron chi connectivity index (χ3n) is 12.8. The van der Waals surface area contributed by atoms with Crippen molar-refractivity contribution in [1.29, 1.82) is 0 Å². The van der Waals surface area contributed by atoms with Crippen molar-refractivity contribution in [2.75, 3.05) is 39.6 Å². The first kappa shape index (κ1) is 60.7. The molecule has 32 heteroatoms. The van der Waals surface area contributed by atoms with Gasteiger partial charge in [0.2, 0.25) is 11.8 Å². The maximum absolute atomic E-state index is 12.9. The van der Waals surface area contributed by atoms with Crippen LogP contribution in [0.4, 0.5) is 0 Å².